The molecule has 0 aliphatic heterocycles. The Bertz CT molecular complexity index is 1200. The van der Waals surface area contributed by atoms with Crippen LogP contribution in [0.15, 0.2) is 34.3 Å². The van der Waals surface area contributed by atoms with Gasteiger partial charge < -0.3 is 38.4 Å². The van der Waals surface area contributed by atoms with Crippen molar-refractivity contribution in [3.05, 3.63) is 57.6 Å². The Morgan fingerprint density at radius 1 is 0.521 bits per heavy atom. The molecule has 2 atom stereocenters. The maximum absolute atomic E-state index is 13.5. The minimum atomic E-state index is -0.248. The normalized spacial score (nSPS) is 16.3. The van der Waals surface area contributed by atoms with Crippen LogP contribution in [0.1, 0.15) is 142 Å². The summed E-state index contributed by atoms with van der Waals surface area (Å²) in [6.07, 6.45) is 7.63. The largest absolute Gasteiger partial charge is 5.00 e. The Balaban J connectivity index is -0.000000551. The van der Waals surface area contributed by atoms with Crippen LogP contribution in [0.25, 0.3) is 0 Å². The predicted octanol–water partition coefficient (Wildman–Crippen LogP) is -10.5. The molecule has 4 nitrogen and oxygen atoms in total. The summed E-state index contributed by atoms with van der Waals surface area (Å²) >= 11 is 0. The third-order valence-corrected chi connectivity index (χ3v) is 8.09. The van der Waals surface area contributed by atoms with Gasteiger partial charge in [0.1, 0.15) is 0 Å². The summed E-state index contributed by atoms with van der Waals surface area (Å²) < 4.78 is 0. The van der Waals surface area contributed by atoms with Crippen molar-refractivity contribution in [1.29, 1.82) is 0 Å². The minimum Gasteiger partial charge on any atom is -1.00 e. The van der Waals surface area contributed by atoms with E-state index in [-0.39, 0.29) is 115 Å². The van der Waals surface area contributed by atoms with E-state index in [1.165, 1.54) is 0 Å². The van der Waals surface area contributed by atoms with E-state index in [1.807, 2.05) is 12.1 Å². The molecule has 1 fully saturated rings. The van der Waals surface area contributed by atoms with Crippen LogP contribution in [0.4, 0.5) is 0 Å². The first kappa shape index (κ1) is 58.5. The molecule has 1 radical (unpaired) electrons. The second-order valence-corrected chi connectivity index (χ2v) is 15.9. The fourth-order valence-corrected chi connectivity index (χ4v) is 5.27. The van der Waals surface area contributed by atoms with E-state index in [9.17, 15) is 10.2 Å². The van der Waals surface area contributed by atoms with E-state index in [0.717, 1.165) is 47.9 Å². The molecule has 2 aromatic carbocycles. The smallest absolute Gasteiger partial charge is 1.00 e. The summed E-state index contributed by atoms with van der Waals surface area (Å²) in [7, 11) is 0. The Kier molecular flexibility index (Phi) is 26.2. The van der Waals surface area contributed by atoms with Crippen LogP contribution < -0.4 is 38.4 Å². The van der Waals surface area contributed by atoms with Crippen LogP contribution in [-0.2, 0) is 39.0 Å². The first-order valence-electron chi connectivity index (χ1n) is 15.0. The third kappa shape index (κ3) is 14.7. The van der Waals surface area contributed by atoms with Gasteiger partial charge in [-0.2, -0.15) is 0 Å². The molecular weight excluding hydrogens is 780 g/mol. The molecule has 271 valence electrons. The molecule has 0 N–H and O–H groups in total. The number of benzene rings is 2. The molecule has 0 saturated heterocycles. The summed E-state index contributed by atoms with van der Waals surface area (Å²) in [6, 6.07) is 8.15. The van der Waals surface area contributed by atoms with Gasteiger partial charge in [0.2, 0.25) is 0 Å². The van der Waals surface area contributed by atoms with Crippen LogP contribution in [0.2, 0.25) is 0 Å². The van der Waals surface area contributed by atoms with Gasteiger partial charge in [-0.1, -0.05) is 132 Å². The van der Waals surface area contributed by atoms with Crippen molar-refractivity contribution in [3.63, 3.8) is 0 Å². The molecule has 1 saturated carbocycles. The second-order valence-electron chi connectivity index (χ2n) is 15.9. The van der Waals surface area contributed by atoms with Crippen LogP contribution in [0, 0.1) is 0 Å². The molecular formula is C36H52CrF6N2O2Sb. The van der Waals surface area contributed by atoms with Crippen molar-refractivity contribution in [1.82, 2.24) is 0 Å². The first-order chi connectivity index (χ1) is 18.2. The van der Waals surface area contributed by atoms with Gasteiger partial charge in [-0.25, -0.2) is 0 Å². The van der Waals surface area contributed by atoms with E-state index in [2.05, 4.69) is 95.2 Å². The predicted molar refractivity (Wildman–Crippen MR) is 174 cm³/mol. The van der Waals surface area contributed by atoms with Crippen molar-refractivity contribution < 1.29 is 55.8 Å². The first-order valence-corrected chi connectivity index (χ1v) is 15.0. The van der Waals surface area contributed by atoms with Crippen LogP contribution in [0.5, 0.6) is 11.5 Å². The van der Waals surface area contributed by atoms with E-state index >= 15 is 0 Å². The summed E-state index contributed by atoms with van der Waals surface area (Å²) in [5.41, 5.74) is 4.62. The summed E-state index contributed by atoms with van der Waals surface area (Å²) in [5.74, 6) is 0.120. The van der Waals surface area contributed by atoms with Gasteiger partial charge in [-0.15, -0.1) is 0 Å². The Morgan fingerprint density at radius 3 is 1.02 bits per heavy atom. The summed E-state index contributed by atoms with van der Waals surface area (Å²) in [5, 5.41) is 26.9. The molecule has 3 rings (SSSR count). The van der Waals surface area contributed by atoms with E-state index in [0.29, 0.717) is 11.1 Å². The number of rotatable bonds is 4. The third-order valence-electron chi connectivity index (χ3n) is 8.09. The van der Waals surface area contributed by atoms with Gasteiger partial charge >= 0.3 is 41.8 Å². The van der Waals surface area contributed by atoms with Crippen LogP contribution in [-0.4, -0.2) is 48.9 Å². The van der Waals surface area contributed by atoms with E-state index < -0.39 is 0 Å². The molecule has 0 aromatic heterocycles. The van der Waals surface area contributed by atoms with Gasteiger partial charge in [-0.3, -0.25) is 9.98 Å². The topological polar surface area (TPSA) is 70.8 Å². The molecule has 0 amide bonds. The van der Waals surface area contributed by atoms with E-state index in [1.54, 1.807) is 12.4 Å². The molecule has 0 heterocycles. The SMILES string of the molecule is CC(C)(C)c1cc(C=N[C@@H]2CCCC[C@H]2N=Cc2cc(C(C)(C)C)cc(C(C)(C)C)c2[O-])c([O-])c(C(C)(C)C)c1.[Cr+3].[F-].[F-].[F-].[F-].[F-].[F-].[Sb+5]. The van der Waals surface area contributed by atoms with Crippen molar-refractivity contribution >= 4 is 36.9 Å². The van der Waals surface area contributed by atoms with Gasteiger partial charge in [0.15, 0.2) is 0 Å². The van der Waals surface area contributed by atoms with Crippen molar-refractivity contribution in [2.45, 2.75) is 143 Å². The molecule has 0 bridgehead atoms. The quantitative estimate of drug-likeness (QED) is 0.175. The average Bonchev–Trinajstić information content (AvgIpc) is 2.80. The maximum atomic E-state index is 13.5. The Hall–Kier alpha value is -1.69. The van der Waals surface area contributed by atoms with Gasteiger partial charge in [0.25, 0.3) is 0 Å². The fraction of sp³-hybridized carbons (Fsp3) is 0.611. The van der Waals surface area contributed by atoms with Crippen LogP contribution in [0.3, 0.4) is 0 Å². The molecule has 0 unspecified atom stereocenters. The zero-order chi connectivity index (χ0) is 30.3. The fourth-order valence-electron chi connectivity index (χ4n) is 5.27. The second kappa shape index (κ2) is 21.5. The Labute approximate surface area is 312 Å². The standard InChI is InChI=1S/C36H54N2O2.Cr.6FH.Sb/c1-33(2,3)25-17-23(31(39)27(19-25)35(7,8)9)21-37-29-15-13-14-16-30(29)38-22-24-18-26(34(4,5)6)20-28(32(24)40)36(10,11)12;;;;;;;;/h17-22,29-30,39-40H,13-16H2,1-12H3;;6*1H;/q;+3;;;;;;;+5/p-8/t29-,30-;;;;;;;;/m1......../s1. The number of nitrogens with zero attached hydrogens (tertiary/aromatic N) is 2. The molecule has 1 aliphatic rings. The van der Waals surface area contributed by atoms with Crippen molar-refractivity contribution in [2.75, 3.05) is 0 Å². The zero-order valence-electron chi connectivity index (χ0n) is 30.3. The summed E-state index contributed by atoms with van der Waals surface area (Å²) in [6.45, 7) is 25.6. The average molecular weight is 833 g/mol. The van der Waals surface area contributed by atoms with Gasteiger partial charge in [-0.05, 0) is 67.9 Å². The number of hydrogen-bond donors (Lipinski definition) is 0. The van der Waals surface area contributed by atoms with Crippen molar-refractivity contribution in [2.24, 2.45) is 9.98 Å². The number of aliphatic imine (C=N–C) groups is 2. The summed E-state index contributed by atoms with van der Waals surface area (Å²) in [4.78, 5) is 9.95. The molecule has 12 heteroatoms. The van der Waals surface area contributed by atoms with Crippen molar-refractivity contribution in [3.8, 4) is 11.5 Å². The number of halogens is 6. The van der Waals surface area contributed by atoms with Gasteiger partial charge in [0.05, 0.1) is 12.1 Å². The number of hydrogen-bond acceptors (Lipinski definition) is 4. The van der Waals surface area contributed by atoms with E-state index in [4.69, 9.17) is 9.98 Å². The zero-order valence-corrected chi connectivity index (χ0v) is 34.1. The minimum absolute atomic E-state index is 0. The molecule has 0 spiro atoms. The van der Waals surface area contributed by atoms with Gasteiger partial charge in [0, 0.05) is 12.4 Å². The monoisotopic (exact) mass is 831 g/mol. The Morgan fingerprint density at radius 2 is 0.792 bits per heavy atom. The molecule has 2 aromatic rings. The maximum Gasteiger partial charge on any atom is 5.00 e. The van der Waals surface area contributed by atoms with Crippen LogP contribution >= 0.6 is 0 Å². The molecule has 1 aliphatic carbocycles. The molecule has 48 heavy (non-hydrogen) atoms.